The Morgan fingerprint density at radius 1 is 0.871 bits per heavy atom. The lowest BCUT2D eigenvalue weighted by Crippen LogP contribution is -2.28. The highest BCUT2D eigenvalue weighted by molar-refractivity contribution is 6.31. The number of aryl methyl sites for hydroxylation is 3. The largest absolute Gasteiger partial charge is 0.479 e. The minimum atomic E-state index is -0.812. The van der Waals surface area contributed by atoms with E-state index in [0.717, 1.165) is 22.4 Å². The van der Waals surface area contributed by atoms with Gasteiger partial charge in [-0.3, -0.25) is 4.79 Å². The number of nitrogens with one attached hydrogen (secondary N) is 1. The van der Waals surface area contributed by atoms with Crippen molar-refractivity contribution in [1.82, 2.24) is 0 Å². The van der Waals surface area contributed by atoms with Crippen molar-refractivity contribution in [2.45, 2.75) is 33.8 Å². The lowest BCUT2D eigenvalue weighted by Gasteiger charge is -2.15. The van der Waals surface area contributed by atoms with Crippen LogP contribution in [-0.2, 0) is 4.79 Å². The minimum Gasteiger partial charge on any atom is -0.479 e. The quantitative estimate of drug-likeness (QED) is 0.385. The van der Waals surface area contributed by atoms with Gasteiger partial charge >= 0.3 is 5.97 Å². The Morgan fingerprint density at radius 2 is 1.55 bits per heavy atom. The summed E-state index contributed by atoms with van der Waals surface area (Å²) in [5, 5.41) is 3.53. The van der Waals surface area contributed by atoms with E-state index < -0.39 is 12.1 Å². The summed E-state index contributed by atoms with van der Waals surface area (Å²) in [6.45, 7) is 7.37. The van der Waals surface area contributed by atoms with E-state index in [1.807, 2.05) is 39.0 Å². The maximum atomic E-state index is 12.5. The Balaban J connectivity index is 1.60. The van der Waals surface area contributed by atoms with E-state index in [1.54, 1.807) is 49.4 Å². The van der Waals surface area contributed by atoms with Gasteiger partial charge in [0.2, 0.25) is 0 Å². The third-order valence-corrected chi connectivity index (χ3v) is 5.17. The van der Waals surface area contributed by atoms with Gasteiger partial charge in [0.15, 0.2) is 6.10 Å². The summed E-state index contributed by atoms with van der Waals surface area (Å²) in [4.78, 5) is 24.9. The molecule has 31 heavy (non-hydrogen) atoms. The second kappa shape index (κ2) is 9.67. The first-order valence-corrected chi connectivity index (χ1v) is 10.2. The zero-order valence-electron chi connectivity index (χ0n) is 17.9. The molecule has 0 aliphatic heterocycles. The van der Waals surface area contributed by atoms with Crippen LogP contribution in [0.4, 0.5) is 5.69 Å². The topological polar surface area (TPSA) is 64.6 Å². The molecule has 1 atom stereocenters. The van der Waals surface area contributed by atoms with E-state index in [-0.39, 0.29) is 5.91 Å². The maximum Gasteiger partial charge on any atom is 0.352 e. The molecule has 0 aliphatic rings. The summed E-state index contributed by atoms with van der Waals surface area (Å²) in [5.41, 5.74) is 4.13. The molecule has 3 rings (SSSR count). The van der Waals surface area contributed by atoms with Gasteiger partial charge in [-0.25, -0.2) is 4.79 Å². The van der Waals surface area contributed by atoms with Crippen LogP contribution in [0.25, 0.3) is 0 Å². The highest BCUT2D eigenvalue weighted by atomic mass is 35.5. The molecule has 1 amide bonds. The summed E-state index contributed by atoms with van der Waals surface area (Å²) >= 11 is 6.01. The lowest BCUT2D eigenvalue weighted by molar-refractivity contribution is -0.141. The molecule has 3 aromatic carbocycles. The summed E-state index contributed by atoms with van der Waals surface area (Å²) in [7, 11) is 0. The van der Waals surface area contributed by atoms with Gasteiger partial charge < -0.3 is 14.8 Å². The molecule has 0 aliphatic carbocycles. The van der Waals surface area contributed by atoms with Gasteiger partial charge in [-0.05, 0) is 92.9 Å². The predicted octanol–water partition coefficient (Wildman–Crippen LogP) is 5.89. The van der Waals surface area contributed by atoms with Crippen molar-refractivity contribution in [2.24, 2.45) is 0 Å². The van der Waals surface area contributed by atoms with Crippen LogP contribution >= 0.6 is 11.6 Å². The van der Waals surface area contributed by atoms with Crippen molar-refractivity contribution in [3.8, 4) is 11.5 Å². The van der Waals surface area contributed by atoms with Gasteiger partial charge in [-0.15, -0.1) is 0 Å². The zero-order chi connectivity index (χ0) is 22.5. The fourth-order valence-corrected chi connectivity index (χ4v) is 3.00. The molecule has 0 fully saturated rings. The molecule has 160 valence electrons. The van der Waals surface area contributed by atoms with Crippen LogP contribution in [-0.4, -0.2) is 18.0 Å². The second-order valence-corrected chi connectivity index (χ2v) is 7.80. The second-order valence-electron chi connectivity index (χ2n) is 7.39. The van der Waals surface area contributed by atoms with Crippen LogP contribution in [0.3, 0.4) is 0 Å². The zero-order valence-corrected chi connectivity index (χ0v) is 18.6. The van der Waals surface area contributed by atoms with Crippen LogP contribution in [0.2, 0.25) is 5.02 Å². The number of halogens is 1. The third-order valence-electron chi connectivity index (χ3n) is 4.75. The standard InChI is InChI=1S/C25H24ClNO4/c1-15-5-6-16(2)23(13-15)27-24(28)19-7-9-20(10-8-19)31-25(29)18(4)30-21-11-12-22(26)17(3)14-21/h5-14,18H,1-4H3,(H,27,28). The third kappa shape index (κ3) is 5.86. The number of benzene rings is 3. The number of hydrogen-bond acceptors (Lipinski definition) is 4. The Hall–Kier alpha value is -3.31. The minimum absolute atomic E-state index is 0.235. The number of rotatable bonds is 6. The monoisotopic (exact) mass is 437 g/mol. The number of esters is 1. The molecule has 0 bridgehead atoms. The number of hydrogen-bond donors (Lipinski definition) is 1. The Kier molecular flexibility index (Phi) is 6.98. The molecule has 0 spiro atoms. The van der Waals surface area contributed by atoms with Gasteiger partial charge in [0.1, 0.15) is 11.5 Å². The molecular weight excluding hydrogens is 414 g/mol. The summed E-state index contributed by atoms with van der Waals surface area (Å²) in [6, 6.07) is 17.4. The van der Waals surface area contributed by atoms with Crippen molar-refractivity contribution < 1.29 is 19.1 Å². The van der Waals surface area contributed by atoms with E-state index in [1.165, 1.54) is 0 Å². The van der Waals surface area contributed by atoms with Crippen LogP contribution in [0.1, 0.15) is 34.0 Å². The summed E-state index contributed by atoms with van der Waals surface area (Å²) < 4.78 is 11.0. The molecular formula is C25H24ClNO4. The lowest BCUT2D eigenvalue weighted by atomic mass is 10.1. The van der Waals surface area contributed by atoms with E-state index >= 15 is 0 Å². The molecule has 0 saturated heterocycles. The number of amides is 1. The fourth-order valence-electron chi connectivity index (χ4n) is 2.88. The van der Waals surface area contributed by atoms with Crippen molar-refractivity contribution in [1.29, 1.82) is 0 Å². The normalized spacial score (nSPS) is 11.5. The van der Waals surface area contributed by atoms with Crippen molar-refractivity contribution in [3.63, 3.8) is 0 Å². The summed E-state index contributed by atoms with van der Waals surface area (Å²) in [5.74, 6) is 0.0856. The molecule has 0 aromatic heterocycles. The van der Waals surface area contributed by atoms with Crippen LogP contribution in [0.15, 0.2) is 60.7 Å². The highest BCUT2D eigenvalue weighted by Gasteiger charge is 2.18. The molecule has 1 unspecified atom stereocenters. The van der Waals surface area contributed by atoms with Gasteiger partial charge in [0.05, 0.1) is 0 Å². The average Bonchev–Trinajstić information content (AvgIpc) is 2.73. The van der Waals surface area contributed by atoms with Crippen LogP contribution in [0, 0.1) is 20.8 Å². The number of ether oxygens (including phenoxy) is 2. The molecule has 0 saturated carbocycles. The van der Waals surface area contributed by atoms with E-state index in [4.69, 9.17) is 21.1 Å². The van der Waals surface area contributed by atoms with Gasteiger partial charge in [-0.1, -0.05) is 23.7 Å². The van der Waals surface area contributed by atoms with Gasteiger partial charge in [0.25, 0.3) is 5.91 Å². The van der Waals surface area contributed by atoms with E-state index in [2.05, 4.69) is 5.32 Å². The molecule has 0 heterocycles. The van der Waals surface area contributed by atoms with Crippen molar-refractivity contribution in [3.05, 3.63) is 87.9 Å². The maximum absolute atomic E-state index is 12.5. The Bertz CT molecular complexity index is 1110. The van der Waals surface area contributed by atoms with Crippen LogP contribution in [0.5, 0.6) is 11.5 Å². The van der Waals surface area contributed by atoms with Gasteiger partial charge in [0, 0.05) is 16.3 Å². The Morgan fingerprint density at radius 3 is 2.23 bits per heavy atom. The molecule has 6 heteroatoms. The highest BCUT2D eigenvalue weighted by Crippen LogP contribution is 2.23. The molecule has 0 radical (unpaired) electrons. The first-order chi connectivity index (χ1) is 14.7. The van der Waals surface area contributed by atoms with E-state index in [9.17, 15) is 9.59 Å². The van der Waals surface area contributed by atoms with E-state index in [0.29, 0.717) is 22.1 Å². The molecule has 3 aromatic rings. The number of carbonyl (C=O) groups is 2. The number of carbonyl (C=O) groups excluding carboxylic acids is 2. The molecule has 1 N–H and O–H groups in total. The predicted molar refractivity (Wildman–Crippen MR) is 122 cm³/mol. The first kappa shape index (κ1) is 22.4. The van der Waals surface area contributed by atoms with Crippen molar-refractivity contribution in [2.75, 3.05) is 5.32 Å². The van der Waals surface area contributed by atoms with Crippen molar-refractivity contribution >= 4 is 29.2 Å². The Labute approximate surface area is 187 Å². The fraction of sp³-hybridized carbons (Fsp3) is 0.200. The molecule has 5 nitrogen and oxygen atoms in total. The van der Waals surface area contributed by atoms with Crippen LogP contribution < -0.4 is 14.8 Å². The number of anilines is 1. The smallest absolute Gasteiger partial charge is 0.352 e. The average molecular weight is 438 g/mol. The first-order valence-electron chi connectivity index (χ1n) is 9.86. The summed E-state index contributed by atoms with van der Waals surface area (Å²) in [6.07, 6.45) is -0.812. The SMILES string of the molecule is Cc1ccc(C)c(NC(=O)c2ccc(OC(=O)C(C)Oc3ccc(Cl)c(C)c3)cc2)c1. The van der Waals surface area contributed by atoms with Gasteiger partial charge in [-0.2, -0.15) is 0 Å².